The van der Waals surface area contributed by atoms with Crippen molar-refractivity contribution >= 4 is 46.4 Å². The quantitative estimate of drug-likeness (QED) is 0.225. The maximum Gasteiger partial charge on any atom is 0.388 e. The smallest absolute Gasteiger partial charge is 0.388 e. The van der Waals surface area contributed by atoms with Crippen LogP contribution in [0.15, 0.2) is 23.1 Å². The second-order valence-corrected chi connectivity index (χ2v) is 9.08. The minimum absolute atomic E-state index is 0.0948. The number of alkyl halides is 4. The van der Waals surface area contributed by atoms with E-state index in [2.05, 4.69) is 24.7 Å². The van der Waals surface area contributed by atoms with E-state index in [1.807, 2.05) is 0 Å². The van der Waals surface area contributed by atoms with Crippen LogP contribution in [0.25, 0.3) is 22.8 Å². The van der Waals surface area contributed by atoms with Crippen LogP contribution >= 0.6 is 46.4 Å². The summed E-state index contributed by atoms with van der Waals surface area (Å²) in [5.41, 5.74) is -1.47. The van der Waals surface area contributed by atoms with Gasteiger partial charge in [0.15, 0.2) is 11.6 Å². The van der Waals surface area contributed by atoms with Crippen LogP contribution in [0.3, 0.4) is 0 Å². The zero-order chi connectivity index (χ0) is 30.0. The van der Waals surface area contributed by atoms with Gasteiger partial charge in [0.1, 0.15) is 37.8 Å². The molecule has 4 heterocycles. The molecule has 0 aliphatic rings. The van der Waals surface area contributed by atoms with Gasteiger partial charge in [-0.25, -0.2) is 23.1 Å². The van der Waals surface area contributed by atoms with Crippen LogP contribution in [0.1, 0.15) is 0 Å². The van der Waals surface area contributed by atoms with Crippen LogP contribution in [0.4, 0.5) is 26.3 Å². The summed E-state index contributed by atoms with van der Waals surface area (Å²) in [5, 5.41) is 6.79. The van der Waals surface area contributed by atoms with Gasteiger partial charge in [0.05, 0.1) is 5.02 Å². The molecule has 0 aliphatic carbocycles. The van der Waals surface area contributed by atoms with Crippen LogP contribution in [0.2, 0.25) is 20.1 Å². The van der Waals surface area contributed by atoms with Gasteiger partial charge in [-0.2, -0.15) is 27.8 Å². The number of hydrogen-bond donors (Lipinski definition) is 0. The molecule has 4 aromatic rings. The van der Waals surface area contributed by atoms with Gasteiger partial charge in [-0.05, 0) is 6.07 Å². The maximum atomic E-state index is 14.0. The largest absolute Gasteiger partial charge is 0.416 e. The molecule has 9 nitrogen and oxygen atoms in total. The molecule has 0 fully saturated rings. The first-order valence-corrected chi connectivity index (χ1v) is 11.9. The highest BCUT2D eigenvalue weighted by atomic mass is 35.5. The molecule has 0 N–H and O–H groups in total. The molecule has 0 bridgehead atoms. The lowest BCUT2D eigenvalue weighted by atomic mass is 10.2. The number of aromatic nitrogens is 6. The fraction of sp³-hybridized carbons (Fsp3) is 0.238. The van der Waals surface area contributed by atoms with E-state index in [0.29, 0.717) is 0 Å². The Balaban J connectivity index is 0.000000222. The average Bonchev–Trinajstić information content (AvgIpc) is 3.27. The number of nitrogens with zero attached hydrogens (tertiary/aromatic N) is 6. The summed E-state index contributed by atoms with van der Waals surface area (Å²) in [4.78, 5) is 15.5. The molecular weight excluding hydrogens is 640 g/mol. The van der Waals surface area contributed by atoms with Crippen LogP contribution in [0.5, 0.6) is 11.8 Å². The Hall–Kier alpha value is -3.14. The molecule has 19 heteroatoms. The molecule has 4 rings (SSSR count). The van der Waals surface area contributed by atoms with Gasteiger partial charge in [0.25, 0.3) is 5.56 Å². The SMILES string of the molecule is Cn1nc(-c2c(F)cc(Cl)c(=O)n2C)c(Cl)c1OC(F)F.Cn1nc(-c2ncc(Cl)cc2F)c(Cl)c1OC(F)F. The molecule has 0 amide bonds. The van der Waals surface area contributed by atoms with E-state index in [-0.39, 0.29) is 48.7 Å². The van der Waals surface area contributed by atoms with Crippen molar-refractivity contribution in [1.29, 1.82) is 0 Å². The topological polar surface area (TPSA) is 89.0 Å². The van der Waals surface area contributed by atoms with E-state index < -0.39 is 36.3 Å². The molecule has 0 saturated heterocycles. The minimum atomic E-state index is -3.12. The number of halogens is 10. The summed E-state index contributed by atoms with van der Waals surface area (Å²) in [6.07, 6.45) is 1.19. The molecule has 0 radical (unpaired) electrons. The minimum Gasteiger partial charge on any atom is -0.416 e. The van der Waals surface area contributed by atoms with Gasteiger partial charge in [-0.1, -0.05) is 46.4 Å². The second-order valence-electron chi connectivity index (χ2n) is 7.48. The molecule has 0 atom stereocenters. The summed E-state index contributed by atoms with van der Waals surface area (Å²) in [7, 11) is 3.88. The Labute approximate surface area is 240 Å². The van der Waals surface area contributed by atoms with Crippen molar-refractivity contribution in [1.82, 2.24) is 29.1 Å². The standard InChI is InChI=1S/C11H8Cl2F3N3O2.C10H6Cl2F3N3O/c1-18-8(5(14)3-4(12)9(18)20)7-6(13)10(19(2)17-7)21-11(15)16;1-18-9(19-10(14)15)6(12)8(17-18)7-5(13)2-4(11)3-16-7/h3,11H,1-2H3;2-3,10H,1H3. The van der Waals surface area contributed by atoms with E-state index in [4.69, 9.17) is 46.4 Å². The predicted molar refractivity (Wildman–Crippen MR) is 134 cm³/mol. The number of hydrogen-bond acceptors (Lipinski definition) is 6. The Kier molecular flexibility index (Phi) is 9.87. The van der Waals surface area contributed by atoms with E-state index in [1.54, 1.807) is 0 Å². The number of aryl methyl sites for hydroxylation is 2. The fourth-order valence-corrected chi connectivity index (χ4v) is 4.17. The molecule has 0 spiro atoms. The van der Waals surface area contributed by atoms with Crippen molar-refractivity contribution in [2.24, 2.45) is 21.1 Å². The third-order valence-electron chi connectivity index (χ3n) is 4.86. The van der Waals surface area contributed by atoms with E-state index in [0.717, 1.165) is 26.1 Å². The van der Waals surface area contributed by atoms with E-state index >= 15 is 0 Å². The zero-order valence-corrected chi connectivity index (χ0v) is 23.1. The van der Waals surface area contributed by atoms with Gasteiger partial charge in [0.2, 0.25) is 11.8 Å². The van der Waals surface area contributed by atoms with Crippen molar-refractivity contribution < 1.29 is 35.8 Å². The Morgan fingerprint density at radius 2 is 1.27 bits per heavy atom. The average molecular weight is 654 g/mol. The molecule has 0 saturated carbocycles. The highest BCUT2D eigenvalue weighted by Gasteiger charge is 2.25. The van der Waals surface area contributed by atoms with Crippen molar-refractivity contribution in [3.8, 4) is 34.5 Å². The third kappa shape index (κ3) is 6.59. The van der Waals surface area contributed by atoms with Gasteiger partial charge in [0, 0.05) is 33.4 Å². The summed E-state index contributed by atoms with van der Waals surface area (Å²) in [6, 6.07) is 1.82. The Morgan fingerprint density at radius 1 is 0.775 bits per heavy atom. The maximum absolute atomic E-state index is 14.0. The Morgan fingerprint density at radius 3 is 1.77 bits per heavy atom. The lowest BCUT2D eigenvalue weighted by molar-refractivity contribution is -0.0558. The third-order valence-corrected chi connectivity index (χ3v) is 6.02. The first-order chi connectivity index (χ1) is 18.6. The molecule has 4 aromatic heterocycles. The highest BCUT2D eigenvalue weighted by Crippen LogP contribution is 2.37. The zero-order valence-electron chi connectivity index (χ0n) is 20.1. The summed E-state index contributed by atoms with van der Waals surface area (Å²) in [5.74, 6) is -2.45. The van der Waals surface area contributed by atoms with Crippen molar-refractivity contribution in [2.75, 3.05) is 0 Å². The highest BCUT2D eigenvalue weighted by molar-refractivity contribution is 6.35. The molecule has 0 unspecified atom stereocenters. The summed E-state index contributed by atoms with van der Waals surface area (Å²) >= 11 is 22.9. The second kappa shape index (κ2) is 12.6. The van der Waals surface area contributed by atoms with Crippen LogP contribution in [-0.4, -0.2) is 42.3 Å². The van der Waals surface area contributed by atoms with Crippen molar-refractivity contribution in [3.63, 3.8) is 0 Å². The molecule has 216 valence electrons. The fourth-order valence-electron chi connectivity index (χ4n) is 3.22. The van der Waals surface area contributed by atoms with Crippen molar-refractivity contribution in [3.05, 3.63) is 60.4 Å². The first kappa shape index (κ1) is 31.4. The van der Waals surface area contributed by atoms with Crippen molar-refractivity contribution in [2.45, 2.75) is 13.2 Å². The lowest BCUT2D eigenvalue weighted by Crippen LogP contribution is -2.20. The molecule has 0 aliphatic heterocycles. The number of pyridine rings is 2. The van der Waals surface area contributed by atoms with Gasteiger partial charge < -0.3 is 14.0 Å². The van der Waals surface area contributed by atoms with Gasteiger partial charge in [-0.3, -0.25) is 4.79 Å². The van der Waals surface area contributed by atoms with Gasteiger partial charge in [-0.15, -0.1) is 0 Å². The normalized spacial score (nSPS) is 11.2. The number of ether oxygens (including phenoxy) is 2. The molecule has 40 heavy (non-hydrogen) atoms. The Bertz CT molecular complexity index is 1610. The molecule has 0 aromatic carbocycles. The summed E-state index contributed by atoms with van der Waals surface area (Å²) < 4.78 is 87.9. The summed E-state index contributed by atoms with van der Waals surface area (Å²) in [6.45, 7) is -6.19. The first-order valence-electron chi connectivity index (χ1n) is 10.3. The predicted octanol–water partition coefficient (Wildman–Crippen LogP) is 6.36. The van der Waals surface area contributed by atoms with Crippen LogP contribution in [-0.2, 0) is 21.1 Å². The monoisotopic (exact) mass is 652 g/mol. The van der Waals surface area contributed by atoms with E-state index in [9.17, 15) is 31.1 Å². The van der Waals surface area contributed by atoms with Crippen LogP contribution < -0.4 is 15.0 Å². The van der Waals surface area contributed by atoms with Gasteiger partial charge >= 0.3 is 13.2 Å². The van der Waals surface area contributed by atoms with Crippen LogP contribution in [0, 0.1) is 11.6 Å². The lowest BCUT2D eigenvalue weighted by Gasteiger charge is -2.08. The molecular formula is C21H14Cl4F6N6O3. The van der Waals surface area contributed by atoms with E-state index in [1.165, 1.54) is 27.3 Å². The number of rotatable bonds is 6.